The van der Waals surface area contributed by atoms with Gasteiger partial charge < -0.3 is 5.73 Å². The molecule has 6 heteroatoms. The van der Waals surface area contributed by atoms with Crippen molar-refractivity contribution in [1.29, 1.82) is 0 Å². The second-order valence-corrected chi connectivity index (χ2v) is 8.33. The van der Waals surface area contributed by atoms with Gasteiger partial charge in [-0.1, -0.05) is 44.3 Å². The van der Waals surface area contributed by atoms with Crippen molar-refractivity contribution in [3.8, 4) is 0 Å². The summed E-state index contributed by atoms with van der Waals surface area (Å²) in [6, 6.07) is 7.15. The number of sulfonamides is 1. The van der Waals surface area contributed by atoms with Crippen LogP contribution in [0.1, 0.15) is 31.4 Å². The first-order valence-corrected chi connectivity index (χ1v) is 9.18. The van der Waals surface area contributed by atoms with E-state index in [0.29, 0.717) is 30.5 Å². The van der Waals surface area contributed by atoms with Crippen LogP contribution in [-0.4, -0.2) is 30.8 Å². The monoisotopic (exact) mass is 326 g/mol. The highest BCUT2D eigenvalue weighted by Crippen LogP contribution is 2.25. The van der Waals surface area contributed by atoms with Gasteiger partial charge in [-0.2, -0.15) is 0 Å². The average Bonchev–Trinajstić information content (AvgIpc) is 2.41. The van der Waals surface area contributed by atoms with E-state index in [1.54, 1.807) is 28.6 Å². The second kappa shape index (κ2) is 6.42. The van der Waals surface area contributed by atoms with Crippen molar-refractivity contribution in [2.24, 2.45) is 17.6 Å². The van der Waals surface area contributed by atoms with E-state index in [1.807, 2.05) is 0 Å². The van der Waals surface area contributed by atoms with Gasteiger partial charge in [-0.15, -0.1) is 0 Å². The van der Waals surface area contributed by atoms with E-state index in [2.05, 4.69) is 13.8 Å². The minimum atomic E-state index is -3.29. The molecular formula is C15H22N2O2S2. The quantitative estimate of drug-likeness (QED) is 0.861. The molecule has 21 heavy (non-hydrogen) atoms. The average molecular weight is 326 g/mol. The zero-order valence-corrected chi connectivity index (χ0v) is 14.1. The molecule has 0 amide bonds. The smallest absolute Gasteiger partial charge is 0.218 e. The van der Waals surface area contributed by atoms with Gasteiger partial charge >= 0.3 is 0 Å². The highest BCUT2D eigenvalue weighted by atomic mass is 32.2. The fourth-order valence-electron chi connectivity index (χ4n) is 2.59. The van der Waals surface area contributed by atoms with Crippen molar-refractivity contribution in [3.05, 3.63) is 35.4 Å². The summed E-state index contributed by atoms with van der Waals surface area (Å²) >= 11 is 4.93. The normalized spacial score (nSPS) is 23.9. The van der Waals surface area contributed by atoms with Gasteiger partial charge in [0.05, 0.1) is 5.75 Å². The first-order chi connectivity index (χ1) is 9.79. The van der Waals surface area contributed by atoms with Crippen LogP contribution < -0.4 is 5.73 Å². The molecule has 1 aliphatic rings. The lowest BCUT2D eigenvalue weighted by Crippen LogP contribution is -2.42. The van der Waals surface area contributed by atoms with E-state index in [4.69, 9.17) is 18.0 Å². The lowest BCUT2D eigenvalue weighted by Gasteiger charge is -2.34. The number of piperidine rings is 1. The van der Waals surface area contributed by atoms with Crippen LogP contribution in [0.5, 0.6) is 0 Å². The highest BCUT2D eigenvalue weighted by molar-refractivity contribution is 7.88. The number of benzene rings is 1. The second-order valence-electron chi connectivity index (χ2n) is 5.92. The van der Waals surface area contributed by atoms with Gasteiger partial charge in [0.2, 0.25) is 10.0 Å². The minimum absolute atomic E-state index is 0.00452. The van der Waals surface area contributed by atoms with Gasteiger partial charge in [-0.3, -0.25) is 0 Å². The lowest BCUT2D eigenvalue weighted by molar-refractivity contribution is 0.212. The number of nitrogens with zero attached hydrogens (tertiary/aromatic N) is 1. The summed E-state index contributed by atoms with van der Waals surface area (Å²) < 4.78 is 26.7. The maximum absolute atomic E-state index is 12.6. The van der Waals surface area contributed by atoms with Crippen molar-refractivity contribution >= 4 is 27.2 Å². The Bertz CT molecular complexity index is 628. The third kappa shape index (κ3) is 4.02. The molecular weight excluding hydrogens is 304 g/mol. The Labute approximate surface area is 132 Å². The fourth-order valence-corrected chi connectivity index (χ4v) is 4.35. The SMILES string of the molecule is CC1CCN(S(=O)(=O)Cc2cccc(C(N)=S)c2)CC1C. The molecule has 0 aromatic heterocycles. The molecule has 0 bridgehead atoms. The van der Waals surface area contributed by atoms with Gasteiger partial charge in [0, 0.05) is 18.7 Å². The van der Waals surface area contributed by atoms with Gasteiger partial charge in [0.1, 0.15) is 4.99 Å². The molecule has 1 fully saturated rings. The van der Waals surface area contributed by atoms with Gasteiger partial charge in [-0.05, 0) is 29.9 Å². The topological polar surface area (TPSA) is 63.4 Å². The molecule has 0 saturated carbocycles. The predicted octanol–water partition coefficient (Wildman–Crippen LogP) is 2.13. The highest BCUT2D eigenvalue weighted by Gasteiger charge is 2.30. The molecule has 1 saturated heterocycles. The predicted molar refractivity (Wildman–Crippen MR) is 89.5 cm³/mol. The van der Waals surface area contributed by atoms with Gasteiger partial charge in [0.25, 0.3) is 0 Å². The van der Waals surface area contributed by atoms with Crippen LogP contribution >= 0.6 is 12.2 Å². The minimum Gasteiger partial charge on any atom is -0.389 e. The molecule has 2 rings (SSSR count). The Kier molecular flexibility index (Phi) is 5.01. The molecule has 0 aliphatic carbocycles. The summed E-state index contributed by atoms with van der Waals surface area (Å²) in [5.41, 5.74) is 7.03. The summed E-state index contributed by atoms with van der Waals surface area (Å²) in [7, 11) is -3.29. The Hall–Kier alpha value is -0.980. The van der Waals surface area contributed by atoms with Crippen molar-refractivity contribution in [3.63, 3.8) is 0 Å². The summed E-state index contributed by atoms with van der Waals surface area (Å²) in [5.74, 6) is 0.982. The molecule has 0 radical (unpaired) electrons. The molecule has 2 unspecified atom stereocenters. The molecule has 116 valence electrons. The van der Waals surface area contributed by atoms with Gasteiger partial charge in [-0.25, -0.2) is 12.7 Å². The summed E-state index contributed by atoms with van der Waals surface area (Å²) in [5, 5.41) is 0. The van der Waals surface area contributed by atoms with E-state index < -0.39 is 10.0 Å². The lowest BCUT2D eigenvalue weighted by atomic mass is 9.90. The van der Waals surface area contributed by atoms with E-state index in [0.717, 1.165) is 12.0 Å². The summed E-state index contributed by atoms with van der Waals surface area (Å²) in [6.07, 6.45) is 0.924. The molecule has 2 atom stereocenters. The molecule has 4 nitrogen and oxygen atoms in total. The van der Waals surface area contributed by atoms with E-state index in [9.17, 15) is 8.42 Å². The fraction of sp³-hybridized carbons (Fsp3) is 0.533. The van der Waals surface area contributed by atoms with Crippen molar-refractivity contribution in [1.82, 2.24) is 4.31 Å². The number of hydrogen-bond donors (Lipinski definition) is 1. The standard InChI is InChI=1S/C15H22N2O2S2/c1-11-6-7-17(9-12(11)2)21(18,19)10-13-4-3-5-14(8-13)15(16)20/h3-5,8,11-12H,6-7,9-10H2,1-2H3,(H2,16,20). The largest absolute Gasteiger partial charge is 0.389 e. The summed E-state index contributed by atoms with van der Waals surface area (Å²) in [6.45, 7) is 5.52. The number of hydrogen-bond acceptors (Lipinski definition) is 3. The van der Waals surface area contributed by atoms with Crippen molar-refractivity contribution in [2.45, 2.75) is 26.0 Å². The van der Waals surface area contributed by atoms with Crippen LogP contribution in [0.4, 0.5) is 0 Å². The third-order valence-corrected chi connectivity index (χ3v) is 6.30. The molecule has 1 heterocycles. The van der Waals surface area contributed by atoms with Crippen LogP contribution in [0.15, 0.2) is 24.3 Å². The maximum Gasteiger partial charge on any atom is 0.218 e. The maximum atomic E-state index is 12.6. The first-order valence-electron chi connectivity index (χ1n) is 7.16. The van der Waals surface area contributed by atoms with Crippen LogP contribution in [-0.2, 0) is 15.8 Å². The number of thiocarbonyl (C=S) groups is 1. The number of rotatable bonds is 4. The number of nitrogens with two attached hydrogens (primary N) is 1. The Balaban J connectivity index is 2.14. The molecule has 1 aliphatic heterocycles. The zero-order valence-electron chi connectivity index (χ0n) is 12.5. The third-order valence-electron chi connectivity index (χ3n) is 4.25. The molecule has 1 aromatic carbocycles. The van der Waals surface area contributed by atoms with Crippen LogP contribution in [0.2, 0.25) is 0 Å². The van der Waals surface area contributed by atoms with Crippen LogP contribution in [0.25, 0.3) is 0 Å². The Morgan fingerprint density at radius 2 is 2.10 bits per heavy atom. The van der Waals surface area contributed by atoms with Crippen molar-refractivity contribution in [2.75, 3.05) is 13.1 Å². The summed E-state index contributed by atoms with van der Waals surface area (Å²) in [4.78, 5) is 0.287. The Morgan fingerprint density at radius 1 is 1.38 bits per heavy atom. The van der Waals surface area contributed by atoms with Crippen molar-refractivity contribution < 1.29 is 8.42 Å². The van der Waals surface area contributed by atoms with E-state index >= 15 is 0 Å². The Morgan fingerprint density at radius 3 is 2.71 bits per heavy atom. The molecule has 0 spiro atoms. The molecule has 2 N–H and O–H groups in total. The van der Waals surface area contributed by atoms with Crippen LogP contribution in [0, 0.1) is 11.8 Å². The molecule has 1 aromatic rings. The zero-order chi connectivity index (χ0) is 15.6. The first kappa shape index (κ1) is 16.4. The van der Waals surface area contributed by atoms with E-state index in [-0.39, 0.29) is 10.7 Å². The van der Waals surface area contributed by atoms with Gasteiger partial charge in [0.15, 0.2) is 0 Å². The van der Waals surface area contributed by atoms with E-state index in [1.165, 1.54) is 0 Å². The van der Waals surface area contributed by atoms with Crippen LogP contribution in [0.3, 0.4) is 0 Å².